The number of aliphatic hydroxyl groups is 2. The number of hydrogen-bond donors (Lipinski definition) is 3. The van der Waals surface area contributed by atoms with Gasteiger partial charge < -0.3 is 29.2 Å². The van der Waals surface area contributed by atoms with Crippen molar-refractivity contribution in [2.45, 2.75) is 206 Å². The third-order valence-corrected chi connectivity index (χ3v) is 21.4. The molecule has 364 valence electrons. The molecule has 0 bridgehead atoms. The summed E-state index contributed by atoms with van der Waals surface area (Å²) in [5.41, 5.74) is 8.07. The number of epoxide rings is 1. The minimum absolute atomic E-state index is 0.0806. The highest BCUT2D eigenvalue weighted by molar-refractivity contribution is 6.01. The van der Waals surface area contributed by atoms with Crippen LogP contribution in [0.15, 0.2) is 47.8 Å². The zero-order chi connectivity index (χ0) is 46.8. The Hall–Kier alpha value is -3.04. The van der Waals surface area contributed by atoms with Gasteiger partial charge in [0.1, 0.15) is 11.9 Å². The van der Waals surface area contributed by atoms with Gasteiger partial charge in [-0.1, -0.05) is 84.9 Å². The van der Waals surface area contributed by atoms with Crippen LogP contribution in [0.3, 0.4) is 0 Å². The number of ketones is 2. The van der Waals surface area contributed by atoms with E-state index < -0.39 is 17.6 Å². The number of ether oxygens (including phenoxy) is 2. The SMILES string of the molecule is C[C@H](C[C@@H](O)[C@H]1OC1(C)C)C1=C2[C@H](Cn3cc(Cc4cc(C5CCCCC5)cc(C5CCOCC5)c4)c4[nH]ccc43)[C@@H](O)[C@@H]3[C@]4(C)CCC(=O)[C@@](C)(C5CCCC5)[C@@H]4CC[C@]3(C)[C@@]2(C)CC1=O. The van der Waals surface area contributed by atoms with Crippen LogP contribution in [0.1, 0.15) is 192 Å². The van der Waals surface area contributed by atoms with Crippen molar-refractivity contribution in [2.24, 2.45) is 51.2 Å². The second-order valence-corrected chi connectivity index (χ2v) is 25.3. The molecule has 3 aromatic rings. The summed E-state index contributed by atoms with van der Waals surface area (Å²) < 4.78 is 14.2. The lowest BCUT2D eigenvalue weighted by Crippen LogP contribution is -2.68. The predicted octanol–water partition coefficient (Wildman–Crippen LogP) is 11.9. The van der Waals surface area contributed by atoms with Crippen molar-refractivity contribution in [3.05, 3.63) is 70.1 Å². The molecular formula is C59H82N2O6. The van der Waals surface area contributed by atoms with Crippen molar-refractivity contribution in [2.75, 3.05) is 13.2 Å². The Kier molecular flexibility index (Phi) is 11.6. The fourth-order valence-electron chi connectivity index (χ4n) is 17.8. The van der Waals surface area contributed by atoms with E-state index in [2.05, 4.69) is 80.8 Å². The maximum atomic E-state index is 15.0. The van der Waals surface area contributed by atoms with E-state index in [1.807, 2.05) is 13.8 Å². The number of aliphatic hydroxyl groups excluding tert-OH is 2. The average Bonchev–Trinajstić information content (AvgIpc) is 3.89. The third kappa shape index (κ3) is 7.31. The number of hydrogen-bond acceptors (Lipinski definition) is 6. The number of carbonyl (C=O) groups is 2. The molecule has 0 radical (unpaired) electrons. The van der Waals surface area contributed by atoms with Crippen molar-refractivity contribution in [1.29, 1.82) is 0 Å². The van der Waals surface area contributed by atoms with E-state index in [4.69, 9.17) is 9.47 Å². The Morgan fingerprint density at radius 3 is 2.22 bits per heavy atom. The van der Waals surface area contributed by atoms with Gasteiger partial charge in [0.15, 0.2) is 5.78 Å². The number of carbonyl (C=O) groups excluding carboxylic acids is 2. The number of nitrogens with one attached hydrogen (secondary N) is 1. The molecule has 6 aliphatic carbocycles. The lowest BCUT2D eigenvalue weighted by Gasteiger charge is -2.70. The van der Waals surface area contributed by atoms with Crippen molar-refractivity contribution in [3.8, 4) is 0 Å². The Balaban J connectivity index is 1.00. The number of Topliss-reactive ketones (excluding diaryl/α,β-unsaturated/α-hetero) is 2. The molecular weight excluding hydrogens is 833 g/mol. The molecule has 67 heavy (non-hydrogen) atoms. The van der Waals surface area contributed by atoms with Crippen LogP contribution in [0.5, 0.6) is 0 Å². The van der Waals surface area contributed by atoms with Crippen LogP contribution >= 0.6 is 0 Å². The van der Waals surface area contributed by atoms with Crippen LogP contribution in [0.4, 0.5) is 0 Å². The standard InChI is InChI=1S/C59H82N2O6/c1-35(27-45(62)54-55(2,3)67-54)49-46(63)32-58(6)50(49)43(52(65)53-56(4)22-18-48(64)59(7,42-15-11-12-16-42)47(56)17-23-57(53,58)5)34-61-33-41(51-44(61)19-24-60-51)30-36-28-39(37-13-9-8-10-14-37)31-40(29-36)38-20-25-66-26-21-38/h19,24,28-29,31,33,35,37-38,42-43,45,47,52-54,60,62,65H,8-18,20-23,25-27,30,32,34H2,1-7H3/t35-,43+,45-,47-,52-,53-,54-,56-,57+,58+,59+/m1/s1. The monoisotopic (exact) mass is 915 g/mol. The molecule has 0 spiro atoms. The Labute approximate surface area is 400 Å². The number of allylic oxidation sites excluding steroid dienone is 1. The number of rotatable bonds is 11. The molecule has 7 fully saturated rings. The molecule has 11 rings (SSSR count). The van der Waals surface area contributed by atoms with Gasteiger partial charge in [-0.25, -0.2) is 0 Å². The molecule has 11 atom stereocenters. The first-order chi connectivity index (χ1) is 32.0. The average molecular weight is 915 g/mol. The normalized spacial score (nSPS) is 38.0. The molecule has 4 heterocycles. The van der Waals surface area contributed by atoms with E-state index in [-0.39, 0.29) is 57.4 Å². The molecule has 8 heteroatoms. The minimum atomic E-state index is -0.709. The first-order valence-electron chi connectivity index (χ1n) is 27.2. The summed E-state index contributed by atoms with van der Waals surface area (Å²) in [6.07, 6.45) is 21.1. The zero-order valence-corrected chi connectivity index (χ0v) is 42.1. The highest BCUT2D eigenvalue weighted by atomic mass is 16.6. The maximum absolute atomic E-state index is 15.0. The van der Waals surface area contributed by atoms with Gasteiger partial charge >= 0.3 is 0 Å². The predicted molar refractivity (Wildman–Crippen MR) is 264 cm³/mol. The topological polar surface area (TPSA) is 117 Å². The lowest BCUT2D eigenvalue weighted by atomic mass is 9.34. The van der Waals surface area contributed by atoms with Crippen LogP contribution < -0.4 is 0 Å². The molecule has 2 saturated heterocycles. The first-order valence-corrected chi connectivity index (χ1v) is 27.2. The largest absolute Gasteiger partial charge is 0.392 e. The van der Waals surface area contributed by atoms with Gasteiger partial charge in [0, 0.05) is 68.2 Å². The minimum Gasteiger partial charge on any atom is -0.392 e. The van der Waals surface area contributed by atoms with Gasteiger partial charge in [0.25, 0.3) is 0 Å². The van der Waals surface area contributed by atoms with Crippen LogP contribution in [-0.2, 0) is 32.0 Å². The van der Waals surface area contributed by atoms with Gasteiger partial charge in [0.2, 0.25) is 0 Å². The quantitative estimate of drug-likeness (QED) is 0.165. The smallest absolute Gasteiger partial charge is 0.160 e. The van der Waals surface area contributed by atoms with Gasteiger partial charge in [-0.15, -0.1) is 0 Å². The van der Waals surface area contributed by atoms with Crippen molar-refractivity contribution < 1.29 is 29.3 Å². The van der Waals surface area contributed by atoms with Crippen LogP contribution in [0.25, 0.3) is 11.0 Å². The Morgan fingerprint density at radius 2 is 1.54 bits per heavy atom. The number of aromatic amines is 1. The van der Waals surface area contributed by atoms with E-state index in [0.29, 0.717) is 49.3 Å². The molecule has 8 aliphatic rings. The summed E-state index contributed by atoms with van der Waals surface area (Å²) in [7, 11) is 0. The fourth-order valence-corrected chi connectivity index (χ4v) is 17.8. The van der Waals surface area contributed by atoms with E-state index in [1.165, 1.54) is 67.2 Å². The summed E-state index contributed by atoms with van der Waals surface area (Å²) in [6, 6.07) is 9.75. The molecule has 3 N–H and O–H groups in total. The van der Waals surface area contributed by atoms with Crippen LogP contribution in [0, 0.1) is 51.2 Å². The van der Waals surface area contributed by atoms with Crippen molar-refractivity contribution >= 4 is 22.6 Å². The van der Waals surface area contributed by atoms with Gasteiger partial charge in [-0.05, 0) is 164 Å². The lowest BCUT2D eigenvalue weighted by molar-refractivity contribution is -0.226. The fraction of sp³-hybridized carbons (Fsp3) is 0.729. The van der Waals surface area contributed by atoms with E-state index in [1.54, 1.807) is 0 Å². The molecule has 0 unspecified atom stereocenters. The number of benzene rings is 1. The molecule has 5 saturated carbocycles. The Morgan fingerprint density at radius 1 is 0.866 bits per heavy atom. The van der Waals surface area contributed by atoms with Crippen molar-refractivity contribution in [3.63, 3.8) is 0 Å². The second kappa shape index (κ2) is 16.8. The van der Waals surface area contributed by atoms with Gasteiger partial charge in [-0.2, -0.15) is 0 Å². The van der Waals surface area contributed by atoms with Crippen LogP contribution in [-0.4, -0.2) is 68.5 Å². The second-order valence-electron chi connectivity index (χ2n) is 25.3. The highest BCUT2D eigenvalue weighted by Gasteiger charge is 2.73. The summed E-state index contributed by atoms with van der Waals surface area (Å²) in [5.74, 6) is 1.82. The van der Waals surface area contributed by atoms with E-state index in [9.17, 15) is 15.0 Å². The molecule has 0 amide bonds. The number of H-pyrrole nitrogens is 1. The van der Waals surface area contributed by atoms with Crippen molar-refractivity contribution in [1.82, 2.24) is 9.55 Å². The maximum Gasteiger partial charge on any atom is 0.160 e. The molecule has 2 aliphatic heterocycles. The summed E-state index contributed by atoms with van der Waals surface area (Å²) >= 11 is 0. The highest BCUT2D eigenvalue weighted by Crippen LogP contribution is 2.76. The van der Waals surface area contributed by atoms with E-state index >= 15 is 4.79 Å². The molecule has 2 aromatic heterocycles. The Bertz CT molecular complexity index is 2390. The van der Waals surface area contributed by atoms with Gasteiger partial charge in [-0.3, -0.25) is 9.59 Å². The number of aromatic nitrogens is 2. The van der Waals surface area contributed by atoms with E-state index in [0.717, 1.165) is 86.8 Å². The van der Waals surface area contributed by atoms with Crippen LogP contribution in [0.2, 0.25) is 0 Å². The van der Waals surface area contributed by atoms with Gasteiger partial charge in [0.05, 0.1) is 28.8 Å². The summed E-state index contributed by atoms with van der Waals surface area (Å²) in [5, 5.41) is 25.3. The molecule has 8 nitrogen and oxygen atoms in total. The first kappa shape index (κ1) is 46.3. The number of fused-ring (bicyclic) bond motifs is 6. The molecule has 1 aromatic carbocycles. The third-order valence-electron chi connectivity index (χ3n) is 21.4. The number of nitrogens with zero attached hydrogens (tertiary/aromatic N) is 1. The summed E-state index contributed by atoms with van der Waals surface area (Å²) in [4.78, 5) is 33.1. The zero-order valence-electron chi connectivity index (χ0n) is 42.1. The summed E-state index contributed by atoms with van der Waals surface area (Å²) in [6.45, 7) is 18.0.